The van der Waals surface area contributed by atoms with Gasteiger partial charge in [0.1, 0.15) is 10.7 Å². The van der Waals surface area contributed by atoms with Crippen molar-refractivity contribution in [3.05, 3.63) is 33.3 Å². The third kappa shape index (κ3) is 2.36. The van der Waals surface area contributed by atoms with Gasteiger partial charge >= 0.3 is 5.69 Å². The van der Waals surface area contributed by atoms with Gasteiger partial charge in [0.25, 0.3) is 0 Å². The Morgan fingerprint density at radius 3 is 2.94 bits per heavy atom. The molecule has 0 radical (unpaired) electrons. The van der Waals surface area contributed by atoms with Crippen molar-refractivity contribution in [2.75, 3.05) is 18.0 Å². The van der Waals surface area contributed by atoms with Gasteiger partial charge in [-0.15, -0.1) is 0 Å². The second-order valence-corrected chi connectivity index (χ2v) is 4.78. The van der Waals surface area contributed by atoms with E-state index in [0.29, 0.717) is 11.6 Å². The van der Waals surface area contributed by atoms with Crippen LogP contribution in [-0.2, 0) is 0 Å². The third-order valence-corrected chi connectivity index (χ3v) is 3.66. The van der Waals surface area contributed by atoms with Gasteiger partial charge in [-0.1, -0.05) is 31.0 Å². The molecule has 4 nitrogen and oxygen atoms in total. The van der Waals surface area contributed by atoms with Crippen LogP contribution >= 0.6 is 11.6 Å². The van der Waals surface area contributed by atoms with E-state index in [1.54, 1.807) is 18.2 Å². The molecule has 1 heterocycles. The van der Waals surface area contributed by atoms with Crippen LogP contribution in [0.2, 0.25) is 5.02 Å². The molecule has 0 bridgehead atoms. The van der Waals surface area contributed by atoms with Crippen molar-refractivity contribution in [2.45, 2.75) is 19.8 Å². The van der Waals surface area contributed by atoms with Crippen molar-refractivity contribution < 1.29 is 4.92 Å². The zero-order valence-corrected chi connectivity index (χ0v) is 10.5. The summed E-state index contributed by atoms with van der Waals surface area (Å²) in [5, 5.41) is 11.3. The van der Waals surface area contributed by atoms with Crippen LogP contribution in [0, 0.1) is 16.0 Å². The standard InChI is InChI=1S/C12H15ClN2O2/c1-2-9-6-7-14(8-9)11-5-3-4-10(13)12(11)15(16)17/h3-5,9H,2,6-8H2,1H3. The molecule has 2 rings (SSSR count). The van der Waals surface area contributed by atoms with Crippen molar-refractivity contribution in [1.82, 2.24) is 0 Å². The minimum atomic E-state index is -0.392. The van der Waals surface area contributed by atoms with Crippen molar-refractivity contribution in [3.63, 3.8) is 0 Å². The average Bonchev–Trinajstić information content (AvgIpc) is 2.76. The number of rotatable bonds is 3. The fraction of sp³-hybridized carbons (Fsp3) is 0.500. The maximum atomic E-state index is 11.0. The van der Waals surface area contributed by atoms with Gasteiger partial charge in [-0.05, 0) is 24.5 Å². The summed E-state index contributed by atoms with van der Waals surface area (Å²) < 4.78 is 0. The van der Waals surface area contributed by atoms with Gasteiger partial charge < -0.3 is 4.90 Å². The van der Waals surface area contributed by atoms with Crippen molar-refractivity contribution in [1.29, 1.82) is 0 Å². The molecule has 1 unspecified atom stereocenters. The highest BCUT2D eigenvalue weighted by Crippen LogP contribution is 2.37. The molecule has 1 fully saturated rings. The molecule has 0 amide bonds. The number of nitro groups is 1. The van der Waals surface area contributed by atoms with E-state index in [4.69, 9.17) is 11.6 Å². The van der Waals surface area contributed by atoms with E-state index in [2.05, 4.69) is 11.8 Å². The van der Waals surface area contributed by atoms with Crippen molar-refractivity contribution in [2.24, 2.45) is 5.92 Å². The second kappa shape index (κ2) is 4.92. The number of anilines is 1. The fourth-order valence-corrected chi connectivity index (χ4v) is 2.56. The quantitative estimate of drug-likeness (QED) is 0.613. The summed E-state index contributed by atoms with van der Waals surface area (Å²) in [6, 6.07) is 5.11. The monoisotopic (exact) mass is 254 g/mol. The van der Waals surface area contributed by atoms with Gasteiger partial charge in [-0.3, -0.25) is 10.1 Å². The molecule has 1 saturated heterocycles. The van der Waals surface area contributed by atoms with Gasteiger partial charge in [0.05, 0.1) is 4.92 Å². The largest absolute Gasteiger partial charge is 0.366 e. The van der Waals surface area contributed by atoms with Crippen LogP contribution in [0.25, 0.3) is 0 Å². The second-order valence-electron chi connectivity index (χ2n) is 4.37. The van der Waals surface area contributed by atoms with Crippen LogP contribution in [0.5, 0.6) is 0 Å². The van der Waals surface area contributed by atoms with E-state index in [1.165, 1.54) is 0 Å². The normalized spacial score (nSPS) is 19.6. The van der Waals surface area contributed by atoms with Crippen LogP contribution < -0.4 is 4.90 Å². The molecular weight excluding hydrogens is 240 g/mol. The summed E-state index contributed by atoms with van der Waals surface area (Å²) in [7, 11) is 0. The maximum absolute atomic E-state index is 11.0. The number of hydrogen-bond acceptors (Lipinski definition) is 3. The lowest BCUT2D eigenvalue weighted by Gasteiger charge is -2.18. The number of hydrogen-bond donors (Lipinski definition) is 0. The third-order valence-electron chi connectivity index (χ3n) is 3.35. The summed E-state index contributed by atoms with van der Waals surface area (Å²) in [5.74, 6) is 0.633. The molecule has 0 saturated carbocycles. The zero-order valence-electron chi connectivity index (χ0n) is 9.73. The molecule has 0 N–H and O–H groups in total. The van der Waals surface area contributed by atoms with Crippen LogP contribution in [0.4, 0.5) is 11.4 Å². The zero-order chi connectivity index (χ0) is 12.4. The molecule has 0 spiro atoms. The Kier molecular flexibility index (Phi) is 3.52. The molecule has 0 aromatic heterocycles. The topological polar surface area (TPSA) is 46.4 Å². The van der Waals surface area contributed by atoms with Gasteiger partial charge in [0.15, 0.2) is 0 Å². The highest BCUT2D eigenvalue weighted by Gasteiger charge is 2.28. The first kappa shape index (κ1) is 12.2. The van der Waals surface area contributed by atoms with Gasteiger partial charge in [-0.25, -0.2) is 0 Å². The number of benzene rings is 1. The Morgan fingerprint density at radius 1 is 1.59 bits per heavy atom. The Bertz CT molecular complexity index is 437. The number of nitrogens with zero attached hydrogens (tertiary/aromatic N) is 2. The summed E-state index contributed by atoms with van der Waals surface area (Å²) in [6.07, 6.45) is 2.21. The molecule has 1 aromatic carbocycles. The molecule has 5 heteroatoms. The van der Waals surface area contributed by atoms with E-state index in [1.807, 2.05) is 0 Å². The highest BCUT2D eigenvalue weighted by molar-refractivity contribution is 6.33. The van der Waals surface area contributed by atoms with E-state index in [9.17, 15) is 10.1 Å². The van der Waals surface area contributed by atoms with Crippen LogP contribution in [-0.4, -0.2) is 18.0 Å². The number of nitro benzene ring substituents is 1. The van der Waals surface area contributed by atoms with E-state index in [-0.39, 0.29) is 10.7 Å². The van der Waals surface area contributed by atoms with E-state index >= 15 is 0 Å². The first-order valence-corrected chi connectivity index (χ1v) is 6.19. The lowest BCUT2D eigenvalue weighted by atomic mass is 10.1. The molecule has 92 valence electrons. The minimum Gasteiger partial charge on any atom is -0.366 e. The van der Waals surface area contributed by atoms with E-state index < -0.39 is 4.92 Å². The fourth-order valence-electron chi connectivity index (χ4n) is 2.32. The van der Waals surface area contributed by atoms with Gasteiger partial charge in [-0.2, -0.15) is 0 Å². The number of halogens is 1. The SMILES string of the molecule is CCC1CCN(c2cccc(Cl)c2[N+](=O)[O-])C1. The first-order valence-electron chi connectivity index (χ1n) is 5.81. The Morgan fingerprint density at radius 2 is 2.35 bits per heavy atom. The lowest BCUT2D eigenvalue weighted by Crippen LogP contribution is -2.20. The van der Waals surface area contributed by atoms with Crippen LogP contribution in [0.1, 0.15) is 19.8 Å². The molecular formula is C12H15ClN2O2. The van der Waals surface area contributed by atoms with Gasteiger partial charge in [0, 0.05) is 13.1 Å². The van der Waals surface area contributed by atoms with E-state index in [0.717, 1.165) is 25.9 Å². The predicted molar refractivity (Wildman–Crippen MR) is 68.7 cm³/mol. The highest BCUT2D eigenvalue weighted by atomic mass is 35.5. The smallest absolute Gasteiger partial charge is 0.310 e. The molecule has 1 atom stereocenters. The molecule has 0 aliphatic carbocycles. The van der Waals surface area contributed by atoms with Crippen molar-refractivity contribution in [3.8, 4) is 0 Å². The summed E-state index contributed by atoms with van der Waals surface area (Å²) in [6.45, 7) is 3.91. The number of para-hydroxylation sites is 1. The molecule has 17 heavy (non-hydrogen) atoms. The predicted octanol–water partition coefficient (Wildman–Crippen LogP) is 3.48. The Hall–Kier alpha value is -1.29. The van der Waals surface area contributed by atoms with Crippen molar-refractivity contribution >= 4 is 23.0 Å². The van der Waals surface area contributed by atoms with Gasteiger partial charge in [0.2, 0.25) is 0 Å². The summed E-state index contributed by atoms with van der Waals surface area (Å²) in [4.78, 5) is 12.7. The first-order chi connectivity index (χ1) is 8.13. The maximum Gasteiger partial charge on any atom is 0.310 e. The minimum absolute atomic E-state index is 0.0333. The summed E-state index contributed by atoms with van der Waals surface area (Å²) in [5.41, 5.74) is 0.685. The lowest BCUT2D eigenvalue weighted by molar-refractivity contribution is -0.384. The van der Waals surface area contributed by atoms with Crippen LogP contribution in [0.15, 0.2) is 18.2 Å². The molecule has 1 aliphatic rings. The molecule has 1 aliphatic heterocycles. The average molecular weight is 255 g/mol. The van der Waals surface area contributed by atoms with Crippen LogP contribution in [0.3, 0.4) is 0 Å². The summed E-state index contributed by atoms with van der Waals surface area (Å²) >= 11 is 5.90. The Labute approximate surface area is 105 Å². The molecule has 1 aromatic rings. The Balaban J connectivity index is 2.33.